The molecule has 0 fully saturated rings. The predicted molar refractivity (Wildman–Crippen MR) is 135 cm³/mol. The Morgan fingerprint density at radius 1 is 1.08 bits per heavy atom. The SMILES string of the molecule is CN(CC(N)=O)C(=O)[C@H](Cc1cccnc1)NC(=O)C(CC(N)=O)NC(=O)[C@H](CCC(O)OP)NP. The lowest BCUT2D eigenvalue weighted by Crippen LogP contribution is -2.57. The van der Waals surface area contributed by atoms with E-state index >= 15 is 0 Å². The van der Waals surface area contributed by atoms with Crippen molar-refractivity contribution < 1.29 is 33.6 Å². The molecule has 0 aliphatic rings. The van der Waals surface area contributed by atoms with E-state index in [4.69, 9.17) is 11.5 Å². The molecule has 0 spiro atoms. The molecule has 0 bridgehead atoms. The van der Waals surface area contributed by atoms with Crippen molar-refractivity contribution in [1.29, 1.82) is 0 Å². The fraction of sp³-hybridized carbons (Fsp3) is 0.500. The summed E-state index contributed by atoms with van der Waals surface area (Å²) in [5, 5.41) is 17.2. The number of carbonyl (C=O) groups is 5. The van der Waals surface area contributed by atoms with E-state index in [1.807, 2.05) is 9.47 Å². The summed E-state index contributed by atoms with van der Waals surface area (Å²) < 4.78 is 4.67. The van der Waals surface area contributed by atoms with Gasteiger partial charge in [-0.1, -0.05) is 15.5 Å². The van der Waals surface area contributed by atoms with E-state index in [1.165, 1.54) is 19.4 Å². The van der Waals surface area contributed by atoms with Crippen molar-refractivity contribution in [3.8, 4) is 0 Å². The third-order valence-electron chi connectivity index (χ3n) is 4.96. The maximum atomic E-state index is 13.1. The van der Waals surface area contributed by atoms with Crippen LogP contribution in [0, 0.1) is 0 Å². The van der Waals surface area contributed by atoms with Gasteiger partial charge in [-0.05, 0) is 18.1 Å². The van der Waals surface area contributed by atoms with E-state index in [0.717, 1.165) is 4.90 Å². The van der Waals surface area contributed by atoms with E-state index in [9.17, 15) is 29.1 Å². The van der Waals surface area contributed by atoms with Gasteiger partial charge in [0.15, 0.2) is 6.29 Å². The van der Waals surface area contributed by atoms with Crippen molar-refractivity contribution in [2.75, 3.05) is 13.6 Å². The number of hydrogen-bond donors (Lipinski definition) is 6. The summed E-state index contributed by atoms with van der Waals surface area (Å²) in [5.74, 6) is -3.72. The summed E-state index contributed by atoms with van der Waals surface area (Å²) in [5.41, 5.74) is 11.1. The Bertz CT molecular complexity index is 910. The number of aliphatic hydroxyl groups excluding tert-OH is 1. The Morgan fingerprint density at radius 2 is 1.72 bits per heavy atom. The van der Waals surface area contributed by atoms with Crippen LogP contribution < -0.4 is 27.2 Å². The van der Waals surface area contributed by atoms with Crippen molar-refractivity contribution in [3.63, 3.8) is 0 Å². The maximum Gasteiger partial charge on any atom is 0.245 e. The van der Waals surface area contributed by atoms with Gasteiger partial charge in [0.2, 0.25) is 29.5 Å². The minimum Gasteiger partial charge on any atom is -0.370 e. The van der Waals surface area contributed by atoms with Crippen LogP contribution in [0.5, 0.6) is 0 Å². The number of primary amides is 2. The van der Waals surface area contributed by atoms with Gasteiger partial charge in [-0.25, -0.2) is 0 Å². The summed E-state index contributed by atoms with van der Waals surface area (Å²) in [6.45, 7) is -0.382. The molecule has 14 nitrogen and oxygen atoms in total. The molecule has 200 valence electrons. The molecular weight excluding hydrogens is 512 g/mol. The maximum absolute atomic E-state index is 13.1. The Hall–Kier alpha value is -2.76. The molecule has 36 heavy (non-hydrogen) atoms. The summed E-state index contributed by atoms with van der Waals surface area (Å²) in [7, 11) is 5.42. The van der Waals surface area contributed by atoms with Crippen molar-refractivity contribution in [1.82, 2.24) is 25.6 Å². The third-order valence-corrected chi connectivity index (χ3v) is 5.68. The molecule has 1 aromatic heterocycles. The van der Waals surface area contributed by atoms with Crippen LogP contribution in [0.1, 0.15) is 24.8 Å². The lowest BCUT2D eigenvalue weighted by molar-refractivity contribution is -0.138. The molecule has 0 aromatic carbocycles. The number of pyridine rings is 1. The number of amides is 5. The Balaban J connectivity index is 3.06. The lowest BCUT2D eigenvalue weighted by Gasteiger charge is -2.27. The summed E-state index contributed by atoms with van der Waals surface area (Å²) in [4.78, 5) is 66.7. The summed E-state index contributed by atoms with van der Waals surface area (Å²) in [6.07, 6.45) is 1.64. The van der Waals surface area contributed by atoms with Crippen LogP contribution in [0.3, 0.4) is 0 Å². The molecule has 8 N–H and O–H groups in total. The second kappa shape index (κ2) is 16.1. The fourth-order valence-electron chi connectivity index (χ4n) is 3.15. The van der Waals surface area contributed by atoms with E-state index in [2.05, 4.69) is 34.6 Å². The molecule has 1 rings (SSSR count). The molecule has 6 atom stereocenters. The van der Waals surface area contributed by atoms with Gasteiger partial charge in [0, 0.05) is 41.7 Å². The van der Waals surface area contributed by atoms with Gasteiger partial charge in [-0.15, -0.1) is 0 Å². The second-order valence-electron chi connectivity index (χ2n) is 7.91. The van der Waals surface area contributed by atoms with Crippen LogP contribution >= 0.6 is 18.9 Å². The van der Waals surface area contributed by atoms with Gasteiger partial charge < -0.3 is 36.6 Å². The molecule has 0 saturated carbocycles. The van der Waals surface area contributed by atoms with Gasteiger partial charge in [0.1, 0.15) is 12.1 Å². The van der Waals surface area contributed by atoms with E-state index < -0.39 is 60.4 Å². The molecule has 1 heterocycles. The zero-order valence-corrected chi connectivity index (χ0v) is 22.1. The average molecular weight is 545 g/mol. The summed E-state index contributed by atoms with van der Waals surface area (Å²) >= 11 is 0. The highest BCUT2D eigenvalue weighted by molar-refractivity contribution is 7.13. The van der Waals surface area contributed by atoms with Gasteiger partial charge in [0.25, 0.3) is 0 Å². The molecule has 5 amide bonds. The molecular formula is C20H33N7O7P2. The third kappa shape index (κ3) is 11.3. The quantitative estimate of drug-likeness (QED) is 0.0923. The van der Waals surface area contributed by atoms with Crippen molar-refractivity contribution >= 4 is 48.4 Å². The van der Waals surface area contributed by atoms with Crippen LogP contribution in [0.25, 0.3) is 0 Å². The van der Waals surface area contributed by atoms with E-state index in [-0.39, 0.29) is 25.8 Å². The van der Waals surface area contributed by atoms with Crippen LogP contribution in [-0.2, 0) is 34.9 Å². The number of hydrogen-bond acceptors (Lipinski definition) is 9. The molecule has 0 aliphatic heterocycles. The number of likely N-dealkylation sites (N-methyl/N-ethyl adjacent to an activating group) is 1. The number of aliphatic hydroxyl groups is 1. The van der Waals surface area contributed by atoms with Crippen LogP contribution in [0.15, 0.2) is 24.5 Å². The molecule has 4 unspecified atom stereocenters. The largest absolute Gasteiger partial charge is 0.370 e. The van der Waals surface area contributed by atoms with Crippen molar-refractivity contribution in [2.24, 2.45) is 11.5 Å². The molecule has 0 radical (unpaired) electrons. The van der Waals surface area contributed by atoms with Crippen LogP contribution in [-0.4, -0.2) is 82.5 Å². The van der Waals surface area contributed by atoms with Crippen LogP contribution in [0.2, 0.25) is 0 Å². The number of carbonyl (C=O) groups excluding carboxylic acids is 5. The fourth-order valence-corrected chi connectivity index (χ4v) is 3.61. The topological polar surface area (TPSA) is 219 Å². The first-order chi connectivity index (χ1) is 17.0. The molecule has 0 saturated heterocycles. The van der Waals surface area contributed by atoms with Gasteiger partial charge in [-0.3, -0.25) is 34.0 Å². The first kappa shape index (κ1) is 31.3. The number of aromatic nitrogens is 1. The number of rotatable bonds is 16. The van der Waals surface area contributed by atoms with Gasteiger partial charge >= 0.3 is 0 Å². The molecule has 0 aliphatic carbocycles. The number of nitrogens with one attached hydrogen (secondary N) is 3. The first-order valence-electron chi connectivity index (χ1n) is 10.8. The lowest BCUT2D eigenvalue weighted by atomic mass is 10.0. The van der Waals surface area contributed by atoms with Gasteiger partial charge in [-0.2, -0.15) is 0 Å². The van der Waals surface area contributed by atoms with E-state index in [0.29, 0.717) is 5.56 Å². The molecule has 1 aromatic rings. The number of nitrogens with zero attached hydrogens (tertiary/aromatic N) is 2. The average Bonchev–Trinajstić information content (AvgIpc) is 2.82. The first-order valence-corrected chi connectivity index (χ1v) is 11.8. The Kier molecular flexibility index (Phi) is 14.0. The monoisotopic (exact) mass is 545 g/mol. The highest BCUT2D eigenvalue weighted by atomic mass is 31.0. The predicted octanol–water partition coefficient (Wildman–Crippen LogP) is -2.93. The van der Waals surface area contributed by atoms with Gasteiger partial charge in [0.05, 0.1) is 19.0 Å². The Labute approximate surface area is 213 Å². The summed E-state index contributed by atoms with van der Waals surface area (Å²) in [6, 6.07) is -0.0785. The Morgan fingerprint density at radius 3 is 2.25 bits per heavy atom. The highest BCUT2D eigenvalue weighted by Gasteiger charge is 2.31. The zero-order chi connectivity index (χ0) is 27.3. The second-order valence-corrected chi connectivity index (χ2v) is 8.51. The normalized spacial score (nSPS) is 14.1. The minimum absolute atomic E-state index is 0.0153. The van der Waals surface area contributed by atoms with Crippen molar-refractivity contribution in [2.45, 2.75) is 50.1 Å². The van der Waals surface area contributed by atoms with Crippen LogP contribution in [0.4, 0.5) is 0 Å². The minimum atomic E-state index is -1.40. The zero-order valence-electron chi connectivity index (χ0n) is 19.8. The van der Waals surface area contributed by atoms with E-state index in [1.54, 1.807) is 12.1 Å². The molecule has 16 heteroatoms. The number of nitrogens with two attached hydrogens (primary N) is 2. The van der Waals surface area contributed by atoms with Crippen molar-refractivity contribution in [3.05, 3.63) is 30.1 Å². The highest BCUT2D eigenvalue weighted by Crippen LogP contribution is 2.09. The standard InChI is InChI=1S/C20H33N7O7P2/c1-27(10-16(22)29)20(33)14(7-11-3-2-6-23-9-11)25-19(32)13(8-15(21)28)24-18(31)12(26-35)4-5-17(30)34-36/h2-3,6,9,12-14,17,26,30H,4-5,7-8,10,35-36H2,1H3,(H2,21,28)(H2,22,29)(H,24,31)(H,25,32)/t12-,13?,14-,17?/m0/s1. The smallest absolute Gasteiger partial charge is 0.245 e.